The van der Waals surface area contributed by atoms with Crippen LogP contribution in [0.5, 0.6) is 10.8 Å². The Morgan fingerprint density at radius 2 is 2.17 bits per heavy atom. The van der Waals surface area contributed by atoms with Crippen LogP contribution < -0.4 is 14.8 Å². The zero-order chi connectivity index (χ0) is 21.5. The Kier molecular flexibility index (Phi) is 5.35. The molecule has 0 aliphatic heterocycles. The molecule has 0 spiro atoms. The van der Waals surface area contributed by atoms with Crippen molar-refractivity contribution in [1.29, 1.82) is 0 Å². The van der Waals surface area contributed by atoms with Crippen molar-refractivity contribution in [3.8, 4) is 10.8 Å². The van der Waals surface area contributed by atoms with Crippen LogP contribution in [0.15, 0.2) is 30.3 Å². The molecule has 2 aromatic heterocycles. The minimum atomic E-state index is -4.38. The highest BCUT2D eigenvalue weighted by Gasteiger charge is 2.46. The van der Waals surface area contributed by atoms with E-state index in [1.54, 1.807) is 20.1 Å². The number of fused-ring (bicyclic) bond motifs is 1. The van der Waals surface area contributed by atoms with Crippen LogP contribution in [-0.4, -0.2) is 35.8 Å². The minimum Gasteiger partial charge on any atom is -0.497 e. The summed E-state index contributed by atoms with van der Waals surface area (Å²) in [7, 11) is 1.60. The number of aromatic amines is 1. The van der Waals surface area contributed by atoms with Gasteiger partial charge in [-0.15, -0.1) is 11.3 Å². The van der Waals surface area contributed by atoms with Crippen molar-refractivity contribution in [2.75, 3.05) is 13.7 Å². The highest BCUT2D eigenvalue weighted by Crippen LogP contribution is 2.47. The second-order valence-electron chi connectivity index (χ2n) is 7.24. The van der Waals surface area contributed by atoms with Crippen LogP contribution in [0, 0.1) is 5.92 Å². The van der Waals surface area contributed by atoms with Gasteiger partial charge in [0.05, 0.1) is 24.2 Å². The van der Waals surface area contributed by atoms with E-state index in [1.165, 1.54) is 6.07 Å². The number of ether oxygens (including phenoxy) is 2. The van der Waals surface area contributed by atoms with Crippen LogP contribution in [0.1, 0.15) is 36.0 Å². The van der Waals surface area contributed by atoms with Crippen molar-refractivity contribution in [1.82, 2.24) is 15.3 Å². The smallest absolute Gasteiger partial charge is 0.422 e. The average molecular weight is 439 g/mol. The number of methoxy groups -OCH3 is 1. The molecule has 0 radical (unpaired) electrons. The quantitative estimate of drug-likeness (QED) is 0.566. The number of rotatable bonds is 7. The lowest BCUT2D eigenvalue weighted by atomic mass is 10.2. The van der Waals surface area contributed by atoms with Crippen molar-refractivity contribution in [3.05, 3.63) is 41.0 Å². The van der Waals surface area contributed by atoms with Gasteiger partial charge >= 0.3 is 6.18 Å². The summed E-state index contributed by atoms with van der Waals surface area (Å²) in [6.45, 7) is 0.461. The number of alkyl halides is 3. The number of halogens is 3. The Morgan fingerprint density at radius 3 is 2.90 bits per heavy atom. The van der Waals surface area contributed by atoms with Gasteiger partial charge in [0.1, 0.15) is 11.6 Å². The summed E-state index contributed by atoms with van der Waals surface area (Å²) in [4.78, 5) is 21.2. The molecule has 1 fully saturated rings. The predicted octanol–water partition coefficient (Wildman–Crippen LogP) is 4.56. The number of nitrogens with one attached hydrogen (secondary N) is 2. The molecular weight excluding hydrogens is 419 g/mol. The number of amides is 1. The van der Waals surface area contributed by atoms with Gasteiger partial charge in [-0.05, 0) is 37.6 Å². The first kappa shape index (κ1) is 20.5. The van der Waals surface area contributed by atoms with Crippen molar-refractivity contribution in [2.24, 2.45) is 5.92 Å². The molecule has 0 bridgehead atoms. The van der Waals surface area contributed by atoms with E-state index in [-0.39, 0.29) is 28.8 Å². The molecule has 1 unspecified atom stereocenters. The molecule has 1 amide bonds. The molecule has 1 aromatic carbocycles. The minimum absolute atomic E-state index is 0.0182. The highest BCUT2D eigenvalue weighted by molar-refractivity contribution is 7.13. The number of hydrogen-bond donors (Lipinski definition) is 2. The molecule has 2 heterocycles. The molecular formula is C20H20F3N3O3S. The largest absolute Gasteiger partial charge is 0.497 e. The van der Waals surface area contributed by atoms with E-state index in [2.05, 4.69) is 15.3 Å². The molecule has 1 aliphatic rings. The molecule has 3 atom stereocenters. The lowest BCUT2D eigenvalue weighted by molar-refractivity contribution is -0.152. The van der Waals surface area contributed by atoms with E-state index in [0.29, 0.717) is 6.42 Å². The van der Waals surface area contributed by atoms with Gasteiger partial charge < -0.3 is 19.8 Å². The summed E-state index contributed by atoms with van der Waals surface area (Å²) in [5.41, 5.74) is 1.67. The van der Waals surface area contributed by atoms with Crippen molar-refractivity contribution < 1.29 is 27.4 Å². The number of carbonyl (C=O) groups is 1. The molecule has 160 valence electrons. The van der Waals surface area contributed by atoms with E-state index in [4.69, 9.17) is 9.47 Å². The third-order valence-corrected chi connectivity index (χ3v) is 6.13. The molecule has 2 N–H and O–H groups in total. The number of imidazole rings is 1. The topological polar surface area (TPSA) is 76.2 Å². The van der Waals surface area contributed by atoms with E-state index >= 15 is 0 Å². The maximum absolute atomic E-state index is 12.6. The molecule has 0 saturated heterocycles. The zero-order valence-corrected chi connectivity index (χ0v) is 17.1. The molecule has 30 heavy (non-hydrogen) atoms. The molecule has 4 rings (SSSR count). The fourth-order valence-electron chi connectivity index (χ4n) is 3.29. The van der Waals surface area contributed by atoms with Crippen LogP contribution in [0.2, 0.25) is 0 Å². The van der Waals surface area contributed by atoms with E-state index in [1.807, 2.05) is 18.2 Å². The first-order valence-corrected chi connectivity index (χ1v) is 10.2. The Hall–Kier alpha value is -2.75. The first-order chi connectivity index (χ1) is 14.2. The van der Waals surface area contributed by atoms with Gasteiger partial charge in [-0.3, -0.25) is 4.79 Å². The lowest BCUT2D eigenvalue weighted by Crippen LogP contribution is -2.28. The van der Waals surface area contributed by atoms with Crippen molar-refractivity contribution >= 4 is 28.3 Å². The van der Waals surface area contributed by atoms with Crippen LogP contribution in [0.25, 0.3) is 11.0 Å². The van der Waals surface area contributed by atoms with Crippen LogP contribution >= 0.6 is 11.3 Å². The number of benzene rings is 1. The lowest BCUT2D eigenvalue weighted by Gasteiger charge is -2.12. The number of thiophene rings is 1. The van der Waals surface area contributed by atoms with Gasteiger partial charge in [-0.2, -0.15) is 13.2 Å². The second kappa shape index (κ2) is 7.82. The van der Waals surface area contributed by atoms with E-state index in [9.17, 15) is 18.0 Å². The normalized spacial score (nSPS) is 19.5. The standard InChI is InChI=1S/C20H20F3N3O3S/c1-10(16-5-6-17(30-16)29-9-20(21,22)23)24-19(27)13-8-12(13)18-25-14-4-3-11(28-2)7-15(14)26-18/h3-7,10,12-13H,8-9H2,1-2H3,(H,24,27)(H,25,26)/t10-,12-,13?/m1/s1. The van der Waals surface area contributed by atoms with Crippen LogP contribution in [-0.2, 0) is 4.79 Å². The fraction of sp³-hybridized carbons (Fsp3) is 0.400. The molecule has 1 aliphatic carbocycles. The number of nitrogens with zero attached hydrogens (tertiary/aromatic N) is 1. The summed E-state index contributed by atoms with van der Waals surface area (Å²) in [5.74, 6) is 1.23. The SMILES string of the molecule is COc1ccc2nc([C@@H]3CC3C(=O)N[C@H](C)c3ccc(OCC(F)(F)F)s3)[nH]c2c1. The fourth-order valence-corrected chi connectivity index (χ4v) is 4.15. The Morgan fingerprint density at radius 1 is 1.37 bits per heavy atom. The summed E-state index contributed by atoms with van der Waals surface area (Å²) >= 11 is 1.09. The molecule has 1 saturated carbocycles. The third kappa shape index (κ3) is 4.53. The monoisotopic (exact) mass is 439 g/mol. The third-order valence-electron chi connectivity index (χ3n) is 4.95. The summed E-state index contributed by atoms with van der Waals surface area (Å²) < 4.78 is 46.8. The Bertz CT molecular complexity index is 1060. The van der Waals surface area contributed by atoms with Crippen LogP contribution in [0.4, 0.5) is 13.2 Å². The van der Waals surface area contributed by atoms with Gasteiger partial charge in [-0.1, -0.05) is 0 Å². The first-order valence-electron chi connectivity index (χ1n) is 9.37. The predicted molar refractivity (Wildman–Crippen MR) is 106 cm³/mol. The van der Waals surface area contributed by atoms with Crippen molar-refractivity contribution in [2.45, 2.75) is 31.5 Å². The molecule has 3 aromatic rings. The summed E-state index contributed by atoms with van der Waals surface area (Å²) in [6, 6.07) is 8.38. The van der Waals surface area contributed by atoms with Crippen molar-refractivity contribution in [3.63, 3.8) is 0 Å². The van der Waals surface area contributed by atoms with E-state index in [0.717, 1.165) is 38.8 Å². The molecule has 10 heteroatoms. The average Bonchev–Trinajstić information content (AvgIpc) is 3.16. The van der Waals surface area contributed by atoms with Gasteiger partial charge in [0, 0.05) is 22.8 Å². The summed E-state index contributed by atoms with van der Waals surface area (Å²) in [6.07, 6.45) is -3.69. The number of H-pyrrole nitrogens is 1. The summed E-state index contributed by atoms with van der Waals surface area (Å²) in [5, 5.41) is 3.10. The maximum atomic E-state index is 12.6. The number of aromatic nitrogens is 2. The second-order valence-corrected chi connectivity index (χ2v) is 8.32. The number of hydrogen-bond acceptors (Lipinski definition) is 5. The maximum Gasteiger partial charge on any atom is 0.422 e. The zero-order valence-electron chi connectivity index (χ0n) is 16.2. The number of carbonyl (C=O) groups excluding carboxylic acids is 1. The van der Waals surface area contributed by atoms with Gasteiger partial charge in [0.25, 0.3) is 0 Å². The van der Waals surface area contributed by atoms with Gasteiger partial charge in [0.2, 0.25) is 5.91 Å². The van der Waals surface area contributed by atoms with Gasteiger partial charge in [0.15, 0.2) is 11.7 Å². The van der Waals surface area contributed by atoms with Crippen LogP contribution in [0.3, 0.4) is 0 Å². The molecule has 6 nitrogen and oxygen atoms in total. The Labute approximate surface area is 174 Å². The van der Waals surface area contributed by atoms with Gasteiger partial charge in [-0.25, -0.2) is 4.98 Å². The highest BCUT2D eigenvalue weighted by atomic mass is 32.1. The Balaban J connectivity index is 1.34. The van der Waals surface area contributed by atoms with E-state index < -0.39 is 12.8 Å².